The van der Waals surface area contributed by atoms with E-state index in [1.165, 1.54) is 0 Å². The summed E-state index contributed by atoms with van der Waals surface area (Å²) in [6, 6.07) is 0. The zero-order chi connectivity index (χ0) is 8.04. The van der Waals surface area contributed by atoms with Crippen molar-refractivity contribution in [2.75, 3.05) is 13.2 Å². The highest BCUT2D eigenvalue weighted by Crippen LogP contribution is 2.04. The van der Waals surface area contributed by atoms with Crippen LogP contribution < -0.4 is 5.48 Å². The molecule has 0 saturated heterocycles. The third kappa shape index (κ3) is 7.88. The molecule has 0 aromatic rings. The van der Waals surface area contributed by atoms with Gasteiger partial charge < -0.3 is 9.94 Å². The fraction of sp³-hybridized carbons (Fsp3) is 1.00. The van der Waals surface area contributed by atoms with Crippen molar-refractivity contribution in [1.29, 1.82) is 0 Å². The van der Waals surface area contributed by atoms with Crippen molar-refractivity contribution in [3.8, 4) is 0 Å². The van der Waals surface area contributed by atoms with E-state index in [9.17, 15) is 5.11 Å². The Morgan fingerprint density at radius 2 is 2.10 bits per heavy atom. The molecule has 0 aliphatic heterocycles. The largest absolute Gasteiger partial charge is 0.390 e. The first-order valence-corrected chi connectivity index (χ1v) is 3.63. The van der Waals surface area contributed by atoms with Gasteiger partial charge in [-0.3, -0.25) is 0 Å². The van der Waals surface area contributed by atoms with Crippen LogP contribution >= 0.6 is 0 Å². The first-order chi connectivity index (χ1) is 4.56. The Hall–Kier alpha value is -0.120. The molecule has 10 heavy (non-hydrogen) atoms. The van der Waals surface area contributed by atoms with Crippen molar-refractivity contribution in [2.24, 2.45) is 0 Å². The minimum Gasteiger partial charge on any atom is -0.390 e. The van der Waals surface area contributed by atoms with Gasteiger partial charge in [-0.05, 0) is 27.2 Å². The molecule has 3 nitrogen and oxygen atoms in total. The van der Waals surface area contributed by atoms with Crippen LogP contribution in [0.1, 0.15) is 27.2 Å². The monoisotopic (exact) mass is 147 g/mol. The lowest BCUT2D eigenvalue weighted by Crippen LogP contribution is -2.26. The van der Waals surface area contributed by atoms with Gasteiger partial charge in [0.25, 0.3) is 0 Å². The Morgan fingerprint density at radius 1 is 1.50 bits per heavy atom. The molecular weight excluding hydrogens is 130 g/mol. The maximum Gasteiger partial charge on any atom is 0.0653 e. The van der Waals surface area contributed by atoms with E-state index in [-0.39, 0.29) is 0 Å². The number of hydroxylamine groups is 1. The molecular formula is C7H17NO2. The summed E-state index contributed by atoms with van der Waals surface area (Å²) in [6.07, 6.45) is 0.701. The molecule has 62 valence electrons. The second kappa shape index (κ2) is 4.66. The maximum atomic E-state index is 9.22. The van der Waals surface area contributed by atoms with Crippen LogP contribution in [0.3, 0.4) is 0 Å². The molecule has 0 aliphatic carbocycles. The van der Waals surface area contributed by atoms with Gasteiger partial charge >= 0.3 is 0 Å². The van der Waals surface area contributed by atoms with E-state index in [2.05, 4.69) is 5.48 Å². The van der Waals surface area contributed by atoms with Crippen molar-refractivity contribution in [1.82, 2.24) is 5.48 Å². The Kier molecular flexibility index (Phi) is 4.60. The topological polar surface area (TPSA) is 41.5 Å². The van der Waals surface area contributed by atoms with E-state index in [0.717, 1.165) is 0 Å². The van der Waals surface area contributed by atoms with Crippen molar-refractivity contribution >= 4 is 0 Å². The molecule has 0 fully saturated rings. The maximum absolute atomic E-state index is 9.22. The third-order valence-corrected chi connectivity index (χ3v) is 1.09. The first kappa shape index (κ1) is 9.88. The van der Waals surface area contributed by atoms with E-state index >= 15 is 0 Å². The summed E-state index contributed by atoms with van der Waals surface area (Å²) in [5.74, 6) is 0. The van der Waals surface area contributed by atoms with Crippen molar-refractivity contribution in [3.63, 3.8) is 0 Å². The minimum atomic E-state index is -0.593. The molecule has 0 aromatic carbocycles. The minimum absolute atomic E-state index is 0.593. The smallest absolute Gasteiger partial charge is 0.0653 e. The lowest BCUT2D eigenvalue weighted by atomic mass is 10.1. The summed E-state index contributed by atoms with van der Waals surface area (Å²) in [7, 11) is 0. The lowest BCUT2D eigenvalue weighted by Gasteiger charge is -2.16. The predicted molar refractivity (Wildman–Crippen MR) is 40.5 cm³/mol. The normalized spacial score (nSPS) is 12.0. The van der Waals surface area contributed by atoms with Gasteiger partial charge in [0.2, 0.25) is 0 Å². The van der Waals surface area contributed by atoms with Gasteiger partial charge in [-0.15, -0.1) is 0 Å². The predicted octanol–water partition coefficient (Wildman–Crippen LogP) is 0.689. The summed E-state index contributed by atoms with van der Waals surface area (Å²) in [4.78, 5) is 4.87. The fourth-order valence-corrected chi connectivity index (χ4v) is 0.531. The summed E-state index contributed by atoms with van der Waals surface area (Å²) in [6.45, 7) is 6.82. The molecule has 3 heteroatoms. The van der Waals surface area contributed by atoms with E-state index in [1.807, 2.05) is 6.92 Å². The molecule has 2 N–H and O–H groups in total. The quantitative estimate of drug-likeness (QED) is 0.444. The molecule has 0 saturated carbocycles. The number of hydrogen-bond acceptors (Lipinski definition) is 3. The molecule has 0 spiro atoms. The van der Waals surface area contributed by atoms with Gasteiger partial charge in [0.1, 0.15) is 0 Å². The summed E-state index contributed by atoms with van der Waals surface area (Å²) in [5, 5.41) is 9.22. The Labute approximate surface area is 62.3 Å². The second-order valence-electron chi connectivity index (χ2n) is 2.89. The molecule has 0 rings (SSSR count). The highest BCUT2D eigenvalue weighted by atomic mass is 16.6. The van der Waals surface area contributed by atoms with Crippen molar-refractivity contribution in [3.05, 3.63) is 0 Å². The third-order valence-electron chi connectivity index (χ3n) is 1.09. The molecule has 0 atom stereocenters. The number of nitrogens with one attached hydrogen (secondary N) is 1. The van der Waals surface area contributed by atoms with Crippen LogP contribution in [0.4, 0.5) is 0 Å². The average molecular weight is 147 g/mol. The van der Waals surface area contributed by atoms with Gasteiger partial charge in [-0.2, -0.15) is 0 Å². The van der Waals surface area contributed by atoms with Crippen molar-refractivity contribution in [2.45, 2.75) is 32.8 Å². The second-order valence-corrected chi connectivity index (χ2v) is 2.89. The zero-order valence-electron chi connectivity index (χ0n) is 6.98. The summed E-state index contributed by atoms with van der Waals surface area (Å²) >= 11 is 0. The van der Waals surface area contributed by atoms with Crippen LogP contribution in [-0.2, 0) is 4.84 Å². The number of hydrogen-bond donors (Lipinski definition) is 2. The highest BCUT2D eigenvalue weighted by Gasteiger charge is 2.10. The van der Waals surface area contributed by atoms with Crippen molar-refractivity contribution < 1.29 is 9.94 Å². The number of rotatable bonds is 5. The van der Waals surface area contributed by atoms with Crippen LogP contribution in [0, 0.1) is 0 Å². The van der Waals surface area contributed by atoms with E-state index in [1.54, 1.807) is 13.8 Å². The highest BCUT2D eigenvalue weighted by molar-refractivity contribution is 4.64. The Bertz CT molecular complexity index is 78.2. The SMILES string of the molecule is CCONCCC(C)(C)O. The molecule has 0 bridgehead atoms. The molecule has 0 heterocycles. The first-order valence-electron chi connectivity index (χ1n) is 3.63. The summed E-state index contributed by atoms with van der Waals surface area (Å²) < 4.78 is 0. The zero-order valence-corrected chi connectivity index (χ0v) is 6.98. The van der Waals surface area contributed by atoms with Gasteiger partial charge in [0.15, 0.2) is 0 Å². The molecule has 0 amide bonds. The Morgan fingerprint density at radius 3 is 2.50 bits per heavy atom. The lowest BCUT2D eigenvalue weighted by molar-refractivity contribution is 0.0198. The van der Waals surface area contributed by atoms with E-state index in [4.69, 9.17) is 4.84 Å². The van der Waals surface area contributed by atoms with E-state index in [0.29, 0.717) is 19.6 Å². The van der Waals surface area contributed by atoms with Crippen LogP contribution in [-0.4, -0.2) is 23.9 Å². The van der Waals surface area contributed by atoms with Crippen LogP contribution in [0.5, 0.6) is 0 Å². The van der Waals surface area contributed by atoms with Gasteiger partial charge in [-0.25, -0.2) is 5.48 Å². The van der Waals surface area contributed by atoms with E-state index < -0.39 is 5.60 Å². The number of aliphatic hydroxyl groups is 1. The Balaban J connectivity index is 3.04. The fourth-order valence-electron chi connectivity index (χ4n) is 0.531. The van der Waals surface area contributed by atoms with Gasteiger partial charge in [-0.1, -0.05) is 0 Å². The standard InChI is InChI=1S/C7H17NO2/c1-4-10-8-6-5-7(2,3)9/h8-9H,4-6H2,1-3H3. The van der Waals surface area contributed by atoms with Crippen LogP contribution in [0.2, 0.25) is 0 Å². The summed E-state index contributed by atoms with van der Waals surface area (Å²) in [5.41, 5.74) is 2.14. The molecule has 0 radical (unpaired) electrons. The average Bonchev–Trinajstić information content (AvgIpc) is 1.78. The van der Waals surface area contributed by atoms with Gasteiger partial charge in [0, 0.05) is 6.54 Å². The van der Waals surface area contributed by atoms with Gasteiger partial charge in [0.05, 0.1) is 12.2 Å². The molecule has 0 aliphatic rings. The molecule has 0 unspecified atom stereocenters. The van der Waals surface area contributed by atoms with Crippen LogP contribution in [0.25, 0.3) is 0 Å². The van der Waals surface area contributed by atoms with Crippen LogP contribution in [0.15, 0.2) is 0 Å². The molecule has 0 aromatic heterocycles.